The molecule has 0 saturated heterocycles. The van der Waals surface area contributed by atoms with Gasteiger partial charge >= 0.3 is 0 Å². The van der Waals surface area contributed by atoms with Gasteiger partial charge in [-0.2, -0.15) is 0 Å². The van der Waals surface area contributed by atoms with E-state index in [0.717, 1.165) is 0 Å². The van der Waals surface area contributed by atoms with Crippen molar-refractivity contribution in [2.75, 3.05) is 9.80 Å². The molecule has 0 N–H and O–H groups in total. The molecule has 7 aromatic carbocycles. The Bertz CT molecular complexity index is 3420. The van der Waals surface area contributed by atoms with Crippen LogP contribution in [0.1, 0.15) is 206 Å². The molecule has 2 aliphatic carbocycles. The summed E-state index contributed by atoms with van der Waals surface area (Å²) in [5, 5.41) is 0. The molecule has 0 unspecified atom stereocenters. The largest absolute Gasteiger partial charge is 0.311 e. The molecule has 0 bridgehead atoms. The first kappa shape index (κ1) is 51.3. The molecule has 2 heterocycles. The predicted molar refractivity (Wildman–Crippen MR) is 327 cm³/mol. The lowest BCUT2D eigenvalue weighted by Crippen LogP contribution is -2.62. The van der Waals surface area contributed by atoms with Gasteiger partial charge in [0.05, 0.1) is 5.69 Å². The summed E-state index contributed by atoms with van der Waals surface area (Å²) >= 11 is 0. The van der Waals surface area contributed by atoms with Crippen LogP contribution in [-0.2, 0) is 37.9 Å². The molecule has 386 valence electrons. The van der Waals surface area contributed by atoms with E-state index in [4.69, 9.17) is 0 Å². The molecule has 2 nitrogen and oxygen atoms in total. The third-order valence-corrected chi connectivity index (χ3v) is 19.2. The molecule has 0 saturated carbocycles. The highest BCUT2D eigenvalue weighted by Crippen LogP contribution is 2.54. The molecule has 3 heteroatoms. The average Bonchev–Trinajstić information content (AvgIpc) is 3.39. The van der Waals surface area contributed by atoms with E-state index in [-0.39, 0.29) is 44.6 Å². The first-order valence-corrected chi connectivity index (χ1v) is 28.6. The number of fused-ring (bicyclic) bond motifs is 6. The van der Waals surface area contributed by atoms with Gasteiger partial charge in [0.1, 0.15) is 0 Å². The molecule has 11 rings (SSSR count). The highest BCUT2D eigenvalue weighted by Gasteiger charge is 2.48. The van der Waals surface area contributed by atoms with Crippen molar-refractivity contribution < 1.29 is 0 Å². The van der Waals surface area contributed by atoms with E-state index in [2.05, 4.69) is 268 Å². The van der Waals surface area contributed by atoms with Gasteiger partial charge in [0.25, 0.3) is 6.71 Å². The lowest BCUT2D eigenvalue weighted by molar-refractivity contribution is 0.332. The summed E-state index contributed by atoms with van der Waals surface area (Å²) in [7, 11) is 0. The number of nitrogens with zero attached hydrogens (tertiary/aromatic N) is 2. The quantitative estimate of drug-likeness (QED) is 0.153. The molecular weight excluding hydrogens is 904 g/mol. The summed E-state index contributed by atoms with van der Waals surface area (Å²) in [6.07, 6.45) is 4.70. The van der Waals surface area contributed by atoms with Crippen molar-refractivity contribution in [3.8, 4) is 11.1 Å². The molecule has 7 aromatic rings. The monoisotopic (exact) mass is 989 g/mol. The second-order valence-corrected chi connectivity index (χ2v) is 29.0. The van der Waals surface area contributed by atoms with Crippen molar-refractivity contribution in [1.29, 1.82) is 0 Å². The third kappa shape index (κ3) is 8.35. The van der Waals surface area contributed by atoms with Gasteiger partial charge in [-0.15, -0.1) is 0 Å². The van der Waals surface area contributed by atoms with Crippen LogP contribution in [0.4, 0.5) is 34.1 Å². The molecule has 0 spiro atoms. The van der Waals surface area contributed by atoms with E-state index in [0.29, 0.717) is 5.92 Å². The van der Waals surface area contributed by atoms with E-state index in [9.17, 15) is 0 Å². The van der Waals surface area contributed by atoms with E-state index in [1.54, 1.807) is 0 Å². The SMILES string of the molecule is CC(C)c1cc2c3c(c1)N(c1ccc(C(C)(C)C)cc1-c1cccc(C(C)(C)C)c1)c1ccc(C(C)(C)c4ccccc4)cc1B3c1cc3c(cc1N2c1ccc2c(c1)C(C)(C)CCC2(C)C)C(C)(C)CCC3(C)C. The topological polar surface area (TPSA) is 6.48 Å². The number of anilines is 6. The molecule has 4 aliphatic rings. The predicted octanol–water partition coefficient (Wildman–Crippen LogP) is 18.2. The second-order valence-electron chi connectivity index (χ2n) is 29.0. The Kier molecular flexibility index (Phi) is 11.7. The van der Waals surface area contributed by atoms with Crippen LogP contribution < -0.4 is 26.2 Å². The van der Waals surface area contributed by atoms with Crippen LogP contribution in [0.2, 0.25) is 0 Å². The van der Waals surface area contributed by atoms with E-state index < -0.39 is 0 Å². The summed E-state index contributed by atoms with van der Waals surface area (Å²) in [5.41, 5.74) is 27.0. The lowest BCUT2D eigenvalue weighted by atomic mass is 9.32. The van der Waals surface area contributed by atoms with Crippen molar-refractivity contribution in [2.24, 2.45) is 0 Å². The van der Waals surface area contributed by atoms with Gasteiger partial charge < -0.3 is 9.80 Å². The van der Waals surface area contributed by atoms with Crippen LogP contribution in [0, 0.1) is 0 Å². The highest BCUT2D eigenvalue weighted by molar-refractivity contribution is 7.00. The van der Waals surface area contributed by atoms with Gasteiger partial charge in [0.15, 0.2) is 0 Å². The average molecular weight is 989 g/mol. The molecule has 0 amide bonds. The minimum atomic E-state index is -0.242. The fourth-order valence-electron chi connectivity index (χ4n) is 13.7. The summed E-state index contributed by atoms with van der Waals surface area (Å²) < 4.78 is 0. The molecular formula is C72H85BN2. The van der Waals surface area contributed by atoms with Gasteiger partial charge in [0, 0.05) is 39.4 Å². The highest BCUT2D eigenvalue weighted by atomic mass is 15.2. The standard InChI is InChI=1S/C72H85BN2/c1-45(2)47-38-63-65-64(39-47)75(60-31-27-50(67(6,7)8)40-53(60)46-23-22-26-49(37-46)66(3,4)5)61-32-28-51(72(17,18)48-24-20-19-21-25-48)41-58(61)73(65)59-43-56-57(71(15,16)36-35-70(56,13)14)44-62(59)74(63)52-29-30-54-55(42-52)69(11,12)34-33-68(54,9)10/h19-32,37-45H,33-36H2,1-18H3. The Balaban J connectivity index is 1.29. The van der Waals surface area contributed by atoms with Crippen LogP contribution in [0.25, 0.3) is 11.1 Å². The Morgan fingerprint density at radius 2 is 0.933 bits per heavy atom. The first-order chi connectivity index (χ1) is 35.0. The van der Waals surface area contributed by atoms with Crippen LogP contribution >= 0.6 is 0 Å². The second kappa shape index (κ2) is 17.1. The zero-order valence-corrected chi connectivity index (χ0v) is 49.1. The van der Waals surface area contributed by atoms with E-state index >= 15 is 0 Å². The van der Waals surface area contributed by atoms with Crippen molar-refractivity contribution in [3.63, 3.8) is 0 Å². The summed E-state index contributed by atoms with van der Waals surface area (Å²) in [6.45, 7) is 43.6. The molecule has 0 radical (unpaired) electrons. The van der Waals surface area contributed by atoms with Crippen LogP contribution in [0.15, 0.2) is 133 Å². The first-order valence-electron chi connectivity index (χ1n) is 28.6. The van der Waals surface area contributed by atoms with E-state index in [1.165, 1.54) is 137 Å². The zero-order chi connectivity index (χ0) is 53.7. The molecule has 0 fully saturated rings. The normalized spacial score (nSPS) is 18.0. The fourth-order valence-corrected chi connectivity index (χ4v) is 13.7. The summed E-state index contributed by atoms with van der Waals surface area (Å²) in [4.78, 5) is 5.44. The Morgan fingerprint density at radius 3 is 1.55 bits per heavy atom. The van der Waals surface area contributed by atoms with Gasteiger partial charge in [0.2, 0.25) is 0 Å². The van der Waals surface area contributed by atoms with Gasteiger partial charge in [-0.3, -0.25) is 0 Å². The van der Waals surface area contributed by atoms with Crippen molar-refractivity contribution in [1.82, 2.24) is 0 Å². The summed E-state index contributed by atoms with van der Waals surface area (Å²) in [6, 6.07) is 53.7. The van der Waals surface area contributed by atoms with Gasteiger partial charge in [-0.25, -0.2) is 0 Å². The van der Waals surface area contributed by atoms with Crippen LogP contribution in [0.3, 0.4) is 0 Å². The maximum Gasteiger partial charge on any atom is 0.252 e. The van der Waals surface area contributed by atoms with Crippen molar-refractivity contribution in [2.45, 2.75) is 194 Å². The van der Waals surface area contributed by atoms with Crippen LogP contribution in [0.5, 0.6) is 0 Å². The Labute approximate surface area is 453 Å². The number of hydrogen-bond acceptors (Lipinski definition) is 2. The van der Waals surface area contributed by atoms with Crippen LogP contribution in [-0.4, -0.2) is 6.71 Å². The Hall–Kier alpha value is -5.80. The lowest BCUT2D eigenvalue weighted by Gasteiger charge is -2.48. The van der Waals surface area contributed by atoms with Gasteiger partial charge in [-0.1, -0.05) is 210 Å². The fraction of sp³-hybridized carbons (Fsp3) is 0.417. The third-order valence-electron chi connectivity index (χ3n) is 19.2. The molecule has 75 heavy (non-hydrogen) atoms. The van der Waals surface area contributed by atoms with Crippen molar-refractivity contribution in [3.05, 3.63) is 184 Å². The Morgan fingerprint density at radius 1 is 0.413 bits per heavy atom. The minimum Gasteiger partial charge on any atom is -0.311 e. The zero-order valence-electron chi connectivity index (χ0n) is 49.1. The van der Waals surface area contributed by atoms with E-state index in [1.807, 2.05) is 0 Å². The van der Waals surface area contributed by atoms with Crippen molar-refractivity contribution >= 4 is 57.2 Å². The molecule has 2 aliphatic heterocycles. The maximum atomic E-state index is 2.74. The summed E-state index contributed by atoms with van der Waals surface area (Å²) in [5.74, 6) is 0.295. The maximum absolute atomic E-state index is 2.74. The molecule has 0 aromatic heterocycles. The smallest absolute Gasteiger partial charge is 0.252 e. The number of rotatable bonds is 6. The molecule has 0 atom stereocenters. The van der Waals surface area contributed by atoms with Gasteiger partial charge in [-0.05, 0) is 185 Å². The number of benzene rings is 7. The number of hydrogen-bond donors (Lipinski definition) is 0. The minimum absolute atomic E-state index is 0.00312.